The Hall–Kier alpha value is -2.40. The van der Waals surface area contributed by atoms with Crippen molar-refractivity contribution in [2.24, 2.45) is 0 Å². The number of thiophene rings is 1. The highest BCUT2D eigenvalue weighted by Gasteiger charge is 2.08. The molecule has 0 fully saturated rings. The van der Waals surface area contributed by atoms with Crippen LogP contribution in [-0.4, -0.2) is 15.7 Å². The maximum Gasteiger partial charge on any atom is 0.251 e. The Morgan fingerprint density at radius 1 is 1.32 bits per heavy atom. The van der Waals surface area contributed by atoms with Crippen molar-refractivity contribution < 1.29 is 4.79 Å². The van der Waals surface area contributed by atoms with E-state index in [4.69, 9.17) is 0 Å². The third-order valence-corrected chi connectivity index (χ3v) is 4.49. The molecule has 2 heterocycles. The summed E-state index contributed by atoms with van der Waals surface area (Å²) < 4.78 is 1.84. The maximum absolute atomic E-state index is 12.3. The number of hydrogen-bond acceptors (Lipinski definition) is 3. The smallest absolute Gasteiger partial charge is 0.251 e. The van der Waals surface area contributed by atoms with Gasteiger partial charge >= 0.3 is 0 Å². The van der Waals surface area contributed by atoms with Crippen molar-refractivity contribution in [2.45, 2.75) is 20.0 Å². The fraction of sp³-hybridized carbons (Fsp3) is 0.176. The van der Waals surface area contributed by atoms with Crippen LogP contribution >= 0.6 is 11.3 Å². The molecule has 1 N–H and O–H groups in total. The number of benzene rings is 1. The van der Waals surface area contributed by atoms with Gasteiger partial charge in [-0.2, -0.15) is 5.10 Å². The molecule has 0 atom stereocenters. The van der Waals surface area contributed by atoms with Gasteiger partial charge in [-0.25, -0.2) is 0 Å². The average molecular weight is 311 g/mol. The zero-order valence-corrected chi connectivity index (χ0v) is 13.1. The van der Waals surface area contributed by atoms with E-state index in [0.717, 1.165) is 5.56 Å². The van der Waals surface area contributed by atoms with E-state index in [-0.39, 0.29) is 5.91 Å². The number of aromatic nitrogens is 2. The second-order valence-electron chi connectivity index (χ2n) is 5.11. The van der Waals surface area contributed by atoms with E-state index >= 15 is 0 Å². The van der Waals surface area contributed by atoms with E-state index in [0.29, 0.717) is 18.7 Å². The van der Waals surface area contributed by atoms with Crippen LogP contribution in [0, 0.1) is 6.92 Å². The standard InChI is InChI=1S/C17H17N3OS/c1-13-6-9-22-16(13)11-18-17(21)15-5-2-4-14(10-15)12-20-8-3-7-19-20/h2-10H,11-12H2,1H3,(H,18,21). The molecular weight excluding hydrogens is 294 g/mol. The number of amides is 1. The zero-order chi connectivity index (χ0) is 15.4. The molecule has 4 nitrogen and oxygen atoms in total. The molecule has 0 unspecified atom stereocenters. The van der Waals surface area contributed by atoms with Crippen molar-refractivity contribution in [3.05, 3.63) is 75.7 Å². The Morgan fingerprint density at radius 2 is 2.23 bits per heavy atom. The molecule has 0 spiro atoms. The van der Waals surface area contributed by atoms with Gasteiger partial charge < -0.3 is 5.32 Å². The molecule has 0 aliphatic carbocycles. The molecule has 1 aromatic carbocycles. The van der Waals surface area contributed by atoms with Crippen LogP contribution in [0.1, 0.15) is 26.4 Å². The van der Waals surface area contributed by atoms with E-state index < -0.39 is 0 Å². The van der Waals surface area contributed by atoms with E-state index in [1.165, 1.54) is 10.4 Å². The van der Waals surface area contributed by atoms with Crippen molar-refractivity contribution in [1.82, 2.24) is 15.1 Å². The first kappa shape index (κ1) is 14.5. The van der Waals surface area contributed by atoms with Gasteiger partial charge in [0, 0.05) is 22.8 Å². The fourth-order valence-electron chi connectivity index (χ4n) is 2.24. The Balaban J connectivity index is 1.66. The molecule has 0 bridgehead atoms. The predicted molar refractivity (Wildman–Crippen MR) is 88.0 cm³/mol. The second-order valence-corrected chi connectivity index (χ2v) is 6.11. The van der Waals surface area contributed by atoms with Gasteiger partial charge in [0.1, 0.15) is 0 Å². The van der Waals surface area contributed by atoms with E-state index in [2.05, 4.69) is 23.4 Å². The third-order valence-electron chi connectivity index (χ3n) is 3.47. The SMILES string of the molecule is Cc1ccsc1CNC(=O)c1cccc(Cn2cccn2)c1. The van der Waals surface area contributed by atoms with Gasteiger partial charge in [0.15, 0.2) is 0 Å². The lowest BCUT2D eigenvalue weighted by Gasteiger charge is -2.07. The average Bonchev–Trinajstić information content (AvgIpc) is 3.17. The highest BCUT2D eigenvalue weighted by molar-refractivity contribution is 7.10. The van der Waals surface area contributed by atoms with Crippen LogP contribution in [0.3, 0.4) is 0 Å². The third kappa shape index (κ3) is 3.43. The Labute approximate surface area is 133 Å². The van der Waals surface area contributed by atoms with Crippen LogP contribution in [0.15, 0.2) is 54.2 Å². The van der Waals surface area contributed by atoms with Crippen molar-refractivity contribution in [1.29, 1.82) is 0 Å². The van der Waals surface area contributed by atoms with Gasteiger partial charge in [0.25, 0.3) is 5.91 Å². The number of nitrogens with zero attached hydrogens (tertiary/aromatic N) is 2. The van der Waals surface area contributed by atoms with E-state index in [1.807, 2.05) is 46.6 Å². The summed E-state index contributed by atoms with van der Waals surface area (Å²) in [4.78, 5) is 13.5. The van der Waals surface area contributed by atoms with Crippen LogP contribution in [0.5, 0.6) is 0 Å². The van der Waals surface area contributed by atoms with Gasteiger partial charge in [0.2, 0.25) is 0 Å². The van der Waals surface area contributed by atoms with Gasteiger partial charge in [-0.05, 0) is 47.7 Å². The van der Waals surface area contributed by atoms with Gasteiger partial charge in [-0.15, -0.1) is 11.3 Å². The van der Waals surface area contributed by atoms with Crippen LogP contribution < -0.4 is 5.32 Å². The molecule has 2 aromatic heterocycles. The largest absolute Gasteiger partial charge is 0.347 e. The number of hydrogen-bond donors (Lipinski definition) is 1. The van der Waals surface area contributed by atoms with Crippen LogP contribution in [0.2, 0.25) is 0 Å². The van der Waals surface area contributed by atoms with Gasteiger partial charge in [-0.1, -0.05) is 12.1 Å². The molecule has 0 saturated heterocycles. The molecule has 5 heteroatoms. The Bertz CT molecular complexity index is 762. The van der Waals surface area contributed by atoms with Crippen LogP contribution in [-0.2, 0) is 13.1 Å². The Kier molecular flexibility index (Phi) is 4.34. The first-order valence-corrected chi connectivity index (χ1v) is 7.98. The summed E-state index contributed by atoms with van der Waals surface area (Å²) in [6.45, 7) is 3.30. The minimum atomic E-state index is -0.0462. The number of nitrogens with one attached hydrogen (secondary N) is 1. The summed E-state index contributed by atoms with van der Waals surface area (Å²) in [7, 11) is 0. The first-order valence-electron chi connectivity index (χ1n) is 7.10. The molecule has 0 saturated carbocycles. The first-order chi connectivity index (χ1) is 10.7. The highest BCUT2D eigenvalue weighted by Crippen LogP contribution is 2.15. The summed E-state index contributed by atoms with van der Waals surface area (Å²) in [6.07, 6.45) is 3.66. The monoisotopic (exact) mass is 311 g/mol. The minimum Gasteiger partial charge on any atom is -0.347 e. The maximum atomic E-state index is 12.3. The molecule has 3 aromatic rings. The molecule has 0 radical (unpaired) electrons. The molecule has 1 amide bonds. The molecule has 112 valence electrons. The molecule has 3 rings (SSSR count). The second kappa shape index (κ2) is 6.58. The van der Waals surface area contributed by atoms with Crippen molar-refractivity contribution in [3.63, 3.8) is 0 Å². The zero-order valence-electron chi connectivity index (χ0n) is 12.3. The summed E-state index contributed by atoms with van der Waals surface area (Å²) in [5.41, 5.74) is 2.96. The summed E-state index contributed by atoms with van der Waals surface area (Å²) >= 11 is 1.67. The van der Waals surface area contributed by atoms with Gasteiger partial charge in [0.05, 0.1) is 13.1 Å². The topological polar surface area (TPSA) is 46.9 Å². The minimum absolute atomic E-state index is 0.0462. The number of carbonyl (C=O) groups is 1. The molecular formula is C17H17N3OS. The molecule has 0 aliphatic heterocycles. The lowest BCUT2D eigenvalue weighted by Crippen LogP contribution is -2.22. The summed E-state index contributed by atoms with van der Waals surface area (Å²) in [6, 6.07) is 11.6. The van der Waals surface area contributed by atoms with Crippen molar-refractivity contribution in [3.8, 4) is 0 Å². The highest BCUT2D eigenvalue weighted by atomic mass is 32.1. The van der Waals surface area contributed by atoms with E-state index in [9.17, 15) is 4.79 Å². The normalized spacial score (nSPS) is 10.6. The number of aryl methyl sites for hydroxylation is 1. The molecule has 0 aliphatic rings. The number of carbonyl (C=O) groups excluding carboxylic acids is 1. The summed E-state index contributed by atoms with van der Waals surface area (Å²) in [5.74, 6) is -0.0462. The Morgan fingerprint density at radius 3 is 2.95 bits per heavy atom. The lowest BCUT2D eigenvalue weighted by atomic mass is 10.1. The van der Waals surface area contributed by atoms with Crippen LogP contribution in [0.25, 0.3) is 0 Å². The predicted octanol–water partition coefficient (Wildman–Crippen LogP) is 3.23. The quantitative estimate of drug-likeness (QED) is 0.786. The molecule has 22 heavy (non-hydrogen) atoms. The number of rotatable bonds is 5. The van der Waals surface area contributed by atoms with Crippen LogP contribution in [0.4, 0.5) is 0 Å². The van der Waals surface area contributed by atoms with Crippen molar-refractivity contribution >= 4 is 17.2 Å². The van der Waals surface area contributed by atoms with Crippen molar-refractivity contribution in [2.75, 3.05) is 0 Å². The fourth-order valence-corrected chi connectivity index (χ4v) is 3.09. The summed E-state index contributed by atoms with van der Waals surface area (Å²) in [5, 5.41) is 9.20. The lowest BCUT2D eigenvalue weighted by molar-refractivity contribution is 0.0951. The van der Waals surface area contributed by atoms with E-state index in [1.54, 1.807) is 17.5 Å². The van der Waals surface area contributed by atoms with Gasteiger partial charge in [-0.3, -0.25) is 9.48 Å².